The van der Waals surface area contributed by atoms with Gasteiger partial charge in [-0.2, -0.15) is 0 Å². The molecule has 4 aliphatic carbocycles. The van der Waals surface area contributed by atoms with Crippen LogP contribution in [-0.4, -0.2) is 17.9 Å². The highest BCUT2D eigenvalue weighted by molar-refractivity contribution is 5.95. The first-order chi connectivity index (χ1) is 19.4. The van der Waals surface area contributed by atoms with Gasteiger partial charge < -0.3 is 4.74 Å². The predicted octanol–water partition coefficient (Wildman–Crippen LogP) is 9.56. The molecule has 2 unspecified atom stereocenters. The van der Waals surface area contributed by atoms with Gasteiger partial charge in [0, 0.05) is 11.8 Å². The Hall–Kier alpha value is -1.90. The minimum atomic E-state index is -0.266. The van der Waals surface area contributed by atoms with Gasteiger partial charge in [-0.25, -0.2) is 4.79 Å². The van der Waals surface area contributed by atoms with E-state index in [1.807, 2.05) is 30.3 Å². The maximum Gasteiger partial charge on any atom is 0.338 e. The van der Waals surface area contributed by atoms with Crippen molar-refractivity contribution in [3.63, 3.8) is 0 Å². The van der Waals surface area contributed by atoms with Crippen molar-refractivity contribution in [1.82, 2.24) is 0 Å². The van der Waals surface area contributed by atoms with E-state index >= 15 is 0 Å². The van der Waals surface area contributed by atoms with Crippen molar-refractivity contribution in [2.24, 2.45) is 64.1 Å². The molecule has 0 aromatic heterocycles. The van der Waals surface area contributed by atoms with Crippen molar-refractivity contribution in [1.29, 1.82) is 0 Å². The number of hydrogen-bond donors (Lipinski definition) is 0. The van der Waals surface area contributed by atoms with Crippen LogP contribution >= 0.6 is 0 Å². The van der Waals surface area contributed by atoms with Crippen LogP contribution in [0.3, 0.4) is 0 Å². The highest BCUT2D eigenvalue weighted by Gasteiger charge is 2.61. The first-order valence-corrected chi connectivity index (χ1v) is 16.9. The van der Waals surface area contributed by atoms with Gasteiger partial charge >= 0.3 is 5.97 Å². The second-order valence-electron chi connectivity index (χ2n) is 15.6. The summed E-state index contributed by atoms with van der Waals surface area (Å²) in [5.41, 5.74) is 2.34. The fraction of sp³-hybridized carbons (Fsp3) is 0.737. The lowest BCUT2D eigenvalue weighted by molar-refractivity contribution is -0.140. The zero-order valence-electron chi connectivity index (χ0n) is 27.1. The molecule has 5 rings (SSSR count). The lowest BCUT2D eigenvalue weighted by Gasteiger charge is -2.58. The summed E-state index contributed by atoms with van der Waals surface area (Å²) in [6, 6.07) is 9.27. The summed E-state index contributed by atoms with van der Waals surface area (Å²) in [5.74, 6) is 4.77. The Bertz CT molecular complexity index is 1140. The minimum Gasteiger partial charge on any atom is -0.458 e. The normalized spacial score (nSPS) is 38.8. The number of ether oxygens (including phenoxy) is 1. The molecule has 3 saturated carbocycles. The molecule has 3 heteroatoms. The monoisotopic (exact) mass is 560 g/mol. The molecule has 0 N–H and O–H groups in total. The standard InChI is InChI=1S/C38H56O3/c1-9-27(23(2)3)21-24(4)25(5)30-15-16-31-29-22-33(39)35-26(6)34(41-36(40)28-13-11-10-12-14-28)18-20-38(35,8)32(29)17-19-37(30,31)7/h10-14,22-27,30-32,34-35H,9,15-21H2,1-8H3/t24-,25-,26-,27-,30-,31?,32?,34+,35-,37-,38-/m1/s1. The number of allylic oxidation sites excluding steroid dienone is 2. The zero-order chi connectivity index (χ0) is 29.7. The molecule has 3 nitrogen and oxygen atoms in total. The Morgan fingerprint density at radius 2 is 1.61 bits per heavy atom. The van der Waals surface area contributed by atoms with Crippen LogP contribution in [0.2, 0.25) is 0 Å². The van der Waals surface area contributed by atoms with Crippen LogP contribution in [0.5, 0.6) is 0 Å². The molecule has 0 spiro atoms. The summed E-state index contributed by atoms with van der Waals surface area (Å²) in [5, 5.41) is 0. The minimum absolute atomic E-state index is 0.0321. The van der Waals surface area contributed by atoms with Crippen LogP contribution in [0.1, 0.15) is 117 Å². The first-order valence-electron chi connectivity index (χ1n) is 16.9. The van der Waals surface area contributed by atoms with Crippen LogP contribution in [-0.2, 0) is 9.53 Å². The Morgan fingerprint density at radius 1 is 0.951 bits per heavy atom. The molecule has 3 fully saturated rings. The lowest BCUT2D eigenvalue weighted by atomic mass is 9.46. The summed E-state index contributed by atoms with van der Waals surface area (Å²) in [6.45, 7) is 19.3. The van der Waals surface area contributed by atoms with Gasteiger partial charge in [0.05, 0.1) is 5.56 Å². The van der Waals surface area contributed by atoms with E-state index in [-0.39, 0.29) is 29.3 Å². The Morgan fingerprint density at radius 3 is 2.27 bits per heavy atom. The third-order valence-electron chi connectivity index (χ3n) is 13.3. The largest absolute Gasteiger partial charge is 0.458 e. The molecular weight excluding hydrogens is 504 g/mol. The van der Waals surface area contributed by atoms with Crippen LogP contribution in [0.15, 0.2) is 42.0 Å². The maximum absolute atomic E-state index is 14.0. The molecule has 1 aromatic rings. The fourth-order valence-electron chi connectivity index (χ4n) is 10.7. The van der Waals surface area contributed by atoms with Crippen LogP contribution < -0.4 is 0 Å². The summed E-state index contributed by atoms with van der Waals surface area (Å²) in [7, 11) is 0. The molecule has 11 atom stereocenters. The predicted molar refractivity (Wildman–Crippen MR) is 167 cm³/mol. The van der Waals surface area contributed by atoms with Gasteiger partial charge in [-0.15, -0.1) is 0 Å². The highest BCUT2D eigenvalue weighted by Crippen LogP contribution is 2.67. The van der Waals surface area contributed by atoms with E-state index in [4.69, 9.17) is 4.74 Å². The SMILES string of the molecule is CC[C@H](C[C@@H](C)[C@@H](C)[C@H]1CCC2C3=CC(=O)[C@H]4[C@H](C)[C@@H](OC(=O)c5ccccc5)CC[C@]4(C)C3CC[C@@]21C)C(C)C. The summed E-state index contributed by atoms with van der Waals surface area (Å²) < 4.78 is 6.05. The third-order valence-corrected chi connectivity index (χ3v) is 13.3. The van der Waals surface area contributed by atoms with Crippen molar-refractivity contribution < 1.29 is 14.3 Å². The Labute approximate surface area is 250 Å². The van der Waals surface area contributed by atoms with Crippen molar-refractivity contribution >= 4 is 11.8 Å². The number of esters is 1. The average Bonchev–Trinajstić information content (AvgIpc) is 3.30. The molecule has 0 bridgehead atoms. The van der Waals surface area contributed by atoms with Crippen LogP contribution in [0, 0.1) is 64.1 Å². The number of benzene rings is 1. The molecule has 0 amide bonds. The molecule has 0 saturated heterocycles. The third kappa shape index (κ3) is 5.27. The number of carbonyl (C=O) groups is 2. The molecule has 41 heavy (non-hydrogen) atoms. The topological polar surface area (TPSA) is 43.4 Å². The number of fused-ring (bicyclic) bond motifs is 5. The second-order valence-corrected chi connectivity index (χ2v) is 15.6. The lowest BCUT2D eigenvalue weighted by Crippen LogP contribution is -2.56. The highest BCUT2D eigenvalue weighted by atomic mass is 16.5. The quantitative estimate of drug-likeness (QED) is 0.297. The van der Waals surface area contributed by atoms with Crippen LogP contribution in [0.4, 0.5) is 0 Å². The van der Waals surface area contributed by atoms with E-state index in [1.165, 1.54) is 44.1 Å². The Kier molecular flexibility index (Phi) is 8.68. The van der Waals surface area contributed by atoms with Gasteiger partial charge in [-0.1, -0.05) is 85.6 Å². The van der Waals surface area contributed by atoms with E-state index in [1.54, 1.807) is 0 Å². The van der Waals surface area contributed by atoms with Crippen LogP contribution in [0.25, 0.3) is 0 Å². The van der Waals surface area contributed by atoms with Gasteiger partial charge in [-0.3, -0.25) is 4.79 Å². The number of ketones is 1. The number of hydrogen-bond acceptors (Lipinski definition) is 3. The molecule has 4 aliphatic rings. The molecular formula is C38H56O3. The zero-order valence-corrected chi connectivity index (χ0v) is 27.1. The van der Waals surface area contributed by atoms with E-state index in [2.05, 4.69) is 61.5 Å². The fourth-order valence-corrected chi connectivity index (χ4v) is 10.7. The van der Waals surface area contributed by atoms with E-state index in [0.717, 1.165) is 36.5 Å². The van der Waals surface area contributed by atoms with E-state index in [0.29, 0.717) is 34.5 Å². The maximum atomic E-state index is 14.0. The summed E-state index contributed by atoms with van der Waals surface area (Å²) in [6.07, 6.45) is 11.3. The van der Waals surface area contributed by atoms with Gasteiger partial charge in [0.2, 0.25) is 0 Å². The van der Waals surface area contributed by atoms with Crippen molar-refractivity contribution in [2.75, 3.05) is 0 Å². The molecule has 0 aliphatic heterocycles. The van der Waals surface area contributed by atoms with Gasteiger partial charge in [0.15, 0.2) is 5.78 Å². The van der Waals surface area contributed by atoms with E-state index in [9.17, 15) is 9.59 Å². The first kappa shape index (κ1) is 30.6. The van der Waals surface area contributed by atoms with Crippen molar-refractivity contribution in [3.05, 3.63) is 47.5 Å². The summed E-state index contributed by atoms with van der Waals surface area (Å²) in [4.78, 5) is 26.9. The molecule has 0 radical (unpaired) electrons. The number of carbonyl (C=O) groups excluding carboxylic acids is 2. The summed E-state index contributed by atoms with van der Waals surface area (Å²) >= 11 is 0. The number of rotatable bonds is 8. The van der Waals surface area contributed by atoms with Crippen molar-refractivity contribution in [2.45, 2.75) is 113 Å². The smallest absolute Gasteiger partial charge is 0.338 e. The van der Waals surface area contributed by atoms with E-state index < -0.39 is 0 Å². The van der Waals surface area contributed by atoms with Gasteiger partial charge in [-0.05, 0) is 115 Å². The Balaban J connectivity index is 1.34. The molecule has 1 aromatic carbocycles. The molecule has 0 heterocycles. The average molecular weight is 561 g/mol. The van der Waals surface area contributed by atoms with Crippen molar-refractivity contribution in [3.8, 4) is 0 Å². The molecule has 226 valence electrons. The van der Waals surface area contributed by atoms with Gasteiger partial charge in [0.25, 0.3) is 0 Å². The second kappa shape index (κ2) is 11.6. The van der Waals surface area contributed by atoms with Gasteiger partial charge in [0.1, 0.15) is 6.10 Å².